The van der Waals surface area contributed by atoms with Crippen molar-refractivity contribution in [2.75, 3.05) is 20.1 Å². The third-order valence-corrected chi connectivity index (χ3v) is 2.49. The van der Waals surface area contributed by atoms with Crippen LogP contribution in [-0.2, 0) is 9.59 Å². The minimum atomic E-state index is -0.996. The lowest BCUT2D eigenvalue weighted by Crippen LogP contribution is -2.42. The van der Waals surface area contributed by atoms with Crippen molar-refractivity contribution in [3.05, 3.63) is 0 Å². The van der Waals surface area contributed by atoms with Crippen LogP contribution in [0.5, 0.6) is 0 Å². The first-order valence-electron chi connectivity index (χ1n) is 4.72. The number of nitrogens with zero attached hydrogens (tertiary/aromatic N) is 1. The summed E-state index contributed by atoms with van der Waals surface area (Å²) in [5.41, 5.74) is 0. The molecule has 1 saturated heterocycles. The van der Waals surface area contributed by atoms with Crippen molar-refractivity contribution < 1.29 is 14.7 Å². The van der Waals surface area contributed by atoms with Crippen LogP contribution in [0.1, 0.15) is 13.3 Å². The van der Waals surface area contributed by atoms with Crippen molar-refractivity contribution in [2.45, 2.75) is 19.4 Å². The van der Waals surface area contributed by atoms with Gasteiger partial charge < -0.3 is 15.3 Å². The summed E-state index contributed by atoms with van der Waals surface area (Å²) in [6.45, 7) is 3.09. The molecule has 80 valence electrons. The lowest BCUT2D eigenvalue weighted by Gasteiger charge is -2.13. The SMILES string of the molecule is C[C@@H](NC(=O)C1CCN(C)C1)C(=O)O. The Bertz CT molecular complexity index is 242. The van der Waals surface area contributed by atoms with Crippen molar-refractivity contribution in [3.63, 3.8) is 0 Å². The van der Waals surface area contributed by atoms with Gasteiger partial charge in [-0.15, -0.1) is 0 Å². The molecule has 0 aromatic rings. The zero-order chi connectivity index (χ0) is 10.7. The molecule has 2 N–H and O–H groups in total. The van der Waals surface area contributed by atoms with E-state index in [2.05, 4.69) is 10.2 Å². The summed E-state index contributed by atoms with van der Waals surface area (Å²) < 4.78 is 0. The van der Waals surface area contributed by atoms with Gasteiger partial charge in [-0.3, -0.25) is 9.59 Å². The van der Waals surface area contributed by atoms with Crippen LogP contribution >= 0.6 is 0 Å². The highest BCUT2D eigenvalue weighted by molar-refractivity contribution is 5.85. The van der Waals surface area contributed by atoms with Gasteiger partial charge in [0.15, 0.2) is 0 Å². The van der Waals surface area contributed by atoms with E-state index < -0.39 is 12.0 Å². The van der Waals surface area contributed by atoms with Gasteiger partial charge in [0.1, 0.15) is 6.04 Å². The summed E-state index contributed by atoms with van der Waals surface area (Å²) in [6, 6.07) is -0.798. The molecule has 0 aliphatic carbocycles. The fraction of sp³-hybridized carbons (Fsp3) is 0.778. The van der Waals surface area contributed by atoms with Gasteiger partial charge in [-0.1, -0.05) is 0 Å². The van der Waals surface area contributed by atoms with Gasteiger partial charge in [0.25, 0.3) is 0 Å². The number of carbonyl (C=O) groups is 2. The molecule has 1 amide bonds. The second-order valence-electron chi connectivity index (χ2n) is 3.82. The van der Waals surface area contributed by atoms with Gasteiger partial charge in [0.2, 0.25) is 5.91 Å². The number of carboxylic acid groups (broad SMARTS) is 1. The van der Waals surface area contributed by atoms with E-state index in [1.165, 1.54) is 6.92 Å². The van der Waals surface area contributed by atoms with Crippen LogP contribution in [0.3, 0.4) is 0 Å². The molecule has 1 heterocycles. The van der Waals surface area contributed by atoms with Gasteiger partial charge in [0.05, 0.1) is 5.92 Å². The largest absolute Gasteiger partial charge is 0.480 e. The van der Waals surface area contributed by atoms with Crippen molar-refractivity contribution >= 4 is 11.9 Å². The molecule has 1 aliphatic rings. The topological polar surface area (TPSA) is 69.6 Å². The molecule has 2 atom stereocenters. The van der Waals surface area contributed by atoms with E-state index in [-0.39, 0.29) is 11.8 Å². The van der Waals surface area contributed by atoms with E-state index in [0.717, 1.165) is 19.5 Å². The molecule has 14 heavy (non-hydrogen) atoms. The van der Waals surface area contributed by atoms with Crippen LogP contribution in [0.4, 0.5) is 0 Å². The Labute approximate surface area is 83.1 Å². The van der Waals surface area contributed by atoms with Crippen molar-refractivity contribution in [1.29, 1.82) is 0 Å². The van der Waals surface area contributed by atoms with Crippen molar-refractivity contribution in [2.24, 2.45) is 5.92 Å². The van der Waals surface area contributed by atoms with Crippen LogP contribution in [-0.4, -0.2) is 48.1 Å². The van der Waals surface area contributed by atoms with Crippen LogP contribution < -0.4 is 5.32 Å². The number of aliphatic carboxylic acids is 1. The fourth-order valence-corrected chi connectivity index (χ4v) is 1.54. The van der Waals surface area contributed by atoms with Gasteiger partial charge in [-0.05, 0) is 26.9 Å². The normalized spacial score (nSPS) is 24.6. The first kappa shape index (κ1) is 11.0. The maximum absolute atomic E-state index is 11.5. The zero-order valence-electron chi connectivity index (χ0n) is 8.49. The summed E-state index contributed by atoms with van der Waals surface area (Å²) in [7, 11) is 1.95. The van der Waals surface area contributed by atoms with Crippen LogP contribution in [0, 0.1) is 5.92 Å². The fourth-order valence-electron chi connectivity index (χ4n) is 1.54. The third kappa shape index (κ3) is 2.70. The maximum Gasteiger partial charge on any atom is 0.325 e. The Morgan fingerprint density at radius 2 is 2.21 bits per heavy atom. The van der Waals surface area contributed by atoms with E-state index >= 15 is 0 Å². The van der Waals surface area contributed by atoms with E-state index in [1.807, 2.05) is 7.05 Å². The summed E-state index contributed by atoms with van der Waals surface area (Å²) >= 11 is 0. The maximum atomic E-state index is 11.5. The smallest absolute Gasteiger partial charge is 0.325 e. The average molecular weight is 200 g/mol. The van der Waals surface area contributed by atoms with E-state index in [4.69, 9.17) is 5.11 Å². The number of amides is 1. The molecule has 0 saturated carbocycles. The number of rotatable bonds is 3. The first-order valence-corrected chi connectivity index (χ1v) is 4.72. The Hall–Kier alpha value is -1.10. The van der Waals surface area contributed by atoms with Crippen LogP contribution in [0.15, 0.2) is 0 Å². The molecule has 0 bridgehead atoms. The number of nitrogens with one attached hydrogen (secondary N) is 1. The van der Waals surface area contributed by atoms with Gasteiger partial charge in [0, 0.05) is 6.54 Å². The average Bonchev–Trinajstić information content (AvgIpc) is 2.51. The molecular weight excluding hydrogens is 184 g/mol. The number of likely N-dealkylation sites (tertiary alicyclic amines) is 1. The Balaban J connectivity index is 2.39. The van der Waals surface area contributed by atoms with Gasteiger partial charge in [-0.25, -0.2) is 0 Å². The molecule has 0 aromatic carbocycles. The Kier molecular flexibility index (Phi) is 3.46. The highest BCUT2D eigenvalue weighted by Crippen LogP contribution is 2.14. The second kappa shape index (κ2) is 4.41. The van der Waals surface area contributed by atoms with E-state index in [1.54, 1.807) is 0 Å². The molecule has 5 heteroatoms. The first-order chi connectivity index (χ1) is 6.50. The minimum Gasteiger partial charge on any atom is -0.480 e. The lowest BCUT2D eigenvalue weighted by atomic mass is 10.1. The quantitative estimate of drug-likeness (QED) is 0.646. The monoisotopic (exact) mass is 200 g/mol. The standard InChI is InChI=1S/C9H16N2O3/c1-6(9(13)14)10-8(12)7-3-4-11(2)5-7/h6-7H,3-5H2,1-2H3,(H,10,12)(H,13,14)/t6-,7?/m1/s1. The van der Waals surface area contributed by atoms with Crippen molar-refractivity contribution in [3.8, 4) is 0 Å². The summed E-state index contributed by atoms with van der Waals surface area (Å²) in [6.07, 6.45) is 0.814. The molecule has 0 spiro atoms. The molecule has 1 unspecified atom stereocenters. The molecule has 5 nitrogen and oxygen atoms in total. The molecule has 0 radical (unpaired) electrons. The number of carbonyl (C=O) groups excluding carboxylic acids is 1. The summed E-state index contributed by atoms with van der Waals surface area (Å²) in [5.74, 6) is -1.20. The van der Waals surface area contributed by atoms with Crippen LogP contribution in [0.2, 0.25) is 0 Å². The second-order valence-corrected chi connectivity index (χ2v) is 3.82. The minimum absolute atomic E-state index is 0.0539. The molecule has 1 fully saturated rings. The molecule has 1 aliphatic heterocycles. The summed E-state index contributed by atoms with van der Waals surface area (Å²) in [5, 5.41) is 11.1. The number of hydrogen-bond donors (Lipinski definition) is 2. The van der Waals surface area contributed by atoms with Gasteiger partial charge in [-0.2, -0.15) is 0 Å². The predicted octanol–water partition coefficient (Wildman–Crippen LogP) is -0.473. The Morgan fingerprint density at radius 3 is 2.64 bits per heavy atom. The van der Waals surface area contributed by atoms with E-state index in [0.29, 0.717) is 0 Å². The zero-order valence-corrected chi connectivity index (χ0v) is 8.49. The van der Waals surface area contributed by atoms with Crippen LogP contribution in [0.25, 0.3) is 0 Å². The Morgan fingerprint density at radius 1 is 1.57 bits per heavy atom. The number of carboxylic acids is 1. The molecule has 0 aromatic heterocycles. The number of hydrogen-bond acceptors (Lipinski definition) is 3. The lowest BCUT2D eigenvalue weighted by molar-refractivity contribution is -0.141. The predicted molar refractivity (Wildman–Crippen MR) is 50.8 cm³/mol. The van der Waals surface area contributed by atoms with E-state index in [9.17, 15) is 9.59 Å². The highest BCUT2D eigenvalue weighted by atomic mass is 16.4. The van der Waals surface area contributed by atoms with Gasteiger partial charge >= 0.3 is 5.97 Å². The van der Waals surface area contributed by atoms with Crippen molar-refractivity contribution in [1.82, 2.24) is 10.2 Å². The molecule has 1 rings (SSSR count). The highest BCUT2D eigenvalue weighted by Gasteiger charge is 2.27. The summed E-state index contributed by atoms with van der Waals surface area (Å²) in [4.78, 5) is 24.1. The molecular formula is C9H16N2O3. The third-order valence-electron chi connectivity index (χ3n) is 2.49.